The van der Waals surface area contributed by atoms with Gasteiger partial charge < -0.3 is 5.11 Å². The molecule has 1 aliphatic carbocycles. The van der Waals surface area contributed by atoms with Crippen LogP contribution in [0.25, 0.3) is 10.6 Å². The van der Waals surface area contributed by atoms with Crippen LogP contribution in [0.3, 0.4) is 0 Å². The monoisotopic (exact) mass is 320 g/mol. The maximum Gasteiger partial charge on any atom is 0.320 e. The Bertz CT molecular complexity index is 667. The highest BCUT2D eigenvalue weighted by Gasteiger charge is 2.35. The summed E-state index contributed by atoms with van der Waals surface area (Å²) in [6.07, 6.45) is 2.10. The van der Waals surface area contributed by atoms with Crippen molar-refractivity contribution in [2.75, 3.05) is 0 Å². The largest absolute Gasteiger partial charge is 0.480 e. The molecule has 0 radical (unpaired) electrons. The number of carboxylic acids is 1. The second-order valence-electron chi connectivity index (χ2n) is 5.57. The Kier molecular flexibility index (Phi) is 4.22. The summed E-state index contributed by atoms with van der Waals surface area (Å²) in [5.41, 5.74) is 1.74. The first kappa shape index (κ1) is 15.1. The lowest BCUT2D eigenvalue weighted by atomic mass is 10.2. The molecular formula is C16H17FN2O2S. The molecular weight excluding hydrogens is 303 g/mol. The zero-order valence-corrected chi connectivity index (χ0v) is 13.0. The highest BCUT2D eigenvalue weighted by atomic mass is 32.1. The van der Waals surface area contributed by atoms with E-state index in [4.69, 9.17) is 0 Å². The minimum absolute atomic E-state index is 0.268. The van der Waals surface area contributed by atoms with Crippen LogP contribution < -0.4 is 0 Å². The third-order valence-electron chi connectivity index (χ3n) is 3.86. The lowest BCUT2D eigenvalue weighted by molar-refractivity contribution is -0.143. The Morgan fingerprint density at radius 2 is 2.14 bits per heavy atom. The molecule has 2 aromatic rings. The minimum Gasteiger partial charge on any atom is -0.480 e. The molecule has 116 valence electrons. The van der Waals surface area contributed by atoms with E-state index < -0.39 is 12.0 Å². The Hall–Kier alpha value is -1.79. The van der Waals surface area contributed by atoms with Crippen LogP contribution in [0, 0.1) is 5.82 Å². The molecule has 1 atom stereocenters. The summed E-state index contributed by atoms with van der Waals surface area (Å²) in [6.45, 7) is 2.25. The summed E-state index contributed by atoms with van der Waals surface area (Å²) in [6, 6.07) is 6.08. The van der Waals surface area contributed by atoms with Gasteiger partial charge in [0.1, 0.15) is 16.9 Å². The van der Waals surface area contributed by atoms with Gasteiger partial charge in [-0.25, -0.2) is 9.37 Å². The van der Waals surface area contributed by atoms with Crippen molar-refractivity contribution in [3.63, 3.8) is 0 Å². The molecule has 0 bridgehead atoms. The summed E-state index contributed by atoms with van der Waals surface area (Å²) in [4.78, 5) is 17.8. The number of halogens is 1. The van der Waals surface area contributed by atoms with Gasteiger partial charge in [0.15, 0.2) is 0 Å². The van der Waals surface area contributed by atoms with Gasteiger partial charge in [0.25, 0.3) is 0 Å². The number of hydrogen-bond donors (Lipinski definition) is 1. The standard InChI is InChI=1S/C16H17FN2O2S/c1-10(16(20)21)19(14-6-7-14)8-13-9-22-15(18-13)11-2-4-12(17)5-3-11/h2-5,9-10,14H,6-8H2,1H3,(H,20,21). The lowest BCUT2D eigenvalue weighted by Gasteiger charge is -2.25. The topological polar surface area (TPSA) is 53.4 Å². The van der Waals surface area contributed by atoms with Gasteiger partial charge >= 0.3 is 5.97 Å². The van der Waals surface area contributed by atoms with Crippen molar-refractivity contribution < 1.29 is 14.3 Å². The fourth-order valence-electron chi connectivity index (χ4n) is 2.42. The molecule has 1 fully saturated rings. The van der Waals surface area contributed by atoms with Crippen LogP contribution >= 0.6 is 11.3 Å². The molecule has 6 heteroatoms. The van der Waals surface area contributed by atoms with Crippen molar-refractivity contribution in [1.82, 2.24) is 9.88 Å². The lowest BCUT2D eigenvalue weighted by Crippen LogP contribution is -2.40. The molecule has 0 saturated heterocycles. The third kappa shape index (κ3) is 3.34. The number of carboxylic acid groups (broad SMARTS) is 1. The summed E-state index contributed by atoms with van der Waals surface area (Å²) < 4.78 is 13.0. The van der Waals surface area contributed by atoms with Crippen LogP contribution in [0.5, 0.6) is 0 Å². The number of rotatable bonds is 6. The number of aromatic nitrogens is 1. The van der Waals surface area contributed by atoms with Gasteiger partial charge in [-0.2, -0.15) is 0 Å². The molecule has 0 aliphatic heterocycles. The normalized spacial score (nSPS) is 16.0. The van der Waals surface area contributed by atoms with Gasteiger partial charge in [-0.1, -0.05) is 0 Å². The van der Waals surface area contributed by atoms with Crippen molar-refractivity contribution in [3.05, 3.63) is 41.2 Å². The molecule has 1 unspecified atom stereocenters. The van der Waals surface area contributed by atoms with Crippen molar-refractivity contribution in [2.24, 2.45) is 0 Å². The van der Waals surface area contributed by atoms with E-state index in [9.17, 15) is 14.3 Å². The Morgan fingerprint density at radius 3 is 2.73 bits per heavy atom. The van der Waals surface area contributed by atoms with Gasteiger partial charge in [0, 0.05) is 23.5 Å². The number of nitrogens with zero attached hydrogens (tertiary/aromatic N) is 2. The Labute approximate surface area is 132 Å². The quantitative estimate of drug-likeness (QED) is 0.886. The van der Waals surface area contributed by atoms with Gasteiger partial charge in [-0.05, 0) is 44.0 Å². The van der Waals surface area contributed by atoms with E-state index in [-0.39, 0.29) is 5.82 Å². The van der Waals surface area contributed by atoms with E-state index in [0.29, 0.717) is 12.6 Å². The number of benzene rings is 1. The first-order valence-corrected chi connectivity index (χ1v) is 8.11. The first-order chi connectivity index (χ1) is 10.5. The SMILES string of the molecule is CC(C(=O)O)N(Cc1csc(-c2ccc(F)cc2)n1)C1CC1. The molecule has 1 aliphatic rings. The molecule has 4 nitrogen and oxygen atoms in total. The van der Waals surface area contributed by atoms with Crippen LogP contribution in [0.2, 0.25) is 0 Å². The first-order valence-electron chi connectivity index (χ1n) is 7.23. The third-order valence-corrected chi connectivity index (χ3v) is 4.80. The van der Waals surface area contributed by atoms with Gasteiger partial charge in [0.2, 0.25) is 0 Å². The Morgan fingerprint density at radius 1 is 1.45 bits per heavy atom. The fourth-order valence-corrected chi connectivity index (χ4v) is 3.24. The van der Waals surface area contributed by atoms with Crippen LogP contribution in [0.1, 0.15) is 25.5 Å². The van der Waals surface area contributed by atoms with E-state index in [0.717, 1.165) is 29.1 Å². The molecule has 1 aromatic heterocycles. The van der Waals surface area contributed by atoms with Crippen molar-refractivity contribution in [3.8, 4) is 10.6 Å². The van der Waals surface area contributed by atoms with Crippen molar-refractivity contribution in [2.45, 2.75) is 38.4 Å². The summed E-state index contributed by atoms with van der Waals surface area (Å²) >= 11 is 1.50. The van der Waals surface area contributed by atoms with Crippen LogP contribution in [-0.2, 0) is 11.3 Å². The molecule has 22 heavy (non-hydrogen) atoms. The summed E-state index contributed by atoms with van der Waals surface area (Å²) in [5, 5.41) is 12.0. The maximum atomic E-state index is 13.0. The average Bonchev–Trinajstić information content (AvgIpc) is 3.24. The molecule has 3 rings (SSSR count). The van der Waals surface area contributed by atoms with Crippen LogP contribution in [-0.4, -0.2) is 33.0 Å². The smallest absolute Gasteiger partial charge is 0.320 e. The van der Waals surface area contributed by atoms with Gasteiger partial charge in [-0.3, -0.25) is 9.69 Å². The van der Waals surface area contributed by atoms with Crippen molar-refractivity contribution in [1.29, 1.82) is 0 Å². The highest BCUT2D eigenvalue weighted by Crippen LogP contribution is 2.31. The Balaban J connectivity index is 1.75. The van der Waals surface area contributed by atoms with E-state index in [1.807, 2.05) is 10.3 Å². The molecule has 1 heterocycles. The zero-order chi connectivity index (χ0) is 15.7. The second kappa shape index (κ2) is 6.14. The highest BCUT2D eigenvalue weighted by molar-refractivity contribution is 7.13. The van der Waals surface area contributed by atoms with Gasteiger partial charge in [0.05, 0.1) is 5.69 Å². The van der Waals surface area contributed by atoms with E-state index in [1.165, 1.54) is 23.5 Å². The molecule has 1 saturated carbocycles. The molecule has 1 aromatic carbocycles. The predicted molar refractivity (Wildman–Crippen MR) is 83.2 cm³/mol. The summed E-state index contributed by atoms with van der Waals surface area (Å²) in [5.74, 6) is -1.07. The number of carbonyl (C=O) groups is 1. The van der Waals surface area contributed by atoms with E-state index >= 15 is 0 Å². The minimum atomic E-state index is -0.805. The number of thiazole rings is 1. The summed E-state index contributed by atoms with van der Waals surface area (Å²) in [7, 11) is 0. The zero-order valence-electron chi connectivity index (χ0n) is 12.2. The molecule has 0 spiro atoms. The second-order valence-corrected chi connectivity index (χ2v) is 6.43. The van der Waals surface area contributed by atoms with E-state index in [2.05, 4.69) is 4.98 Å². The molecule has 0 amide bonds. The number of aliphatic carboxylic acids is 1. The fraction of sp³-hybridized carbons (Fsp3) is 0.375. The van der Waals surface area contributed by atoms with Crippen molar-refractivity contribution >= 4 is 17.3 Å². The predicted octanol–water partition coefficient (Wildman–Crippen LogP) is 3.39. The number of hydrogen-bond acceptors (Lipinski definition) is 4. The van der Waals surface area contributed by atoms with Crippen LogP contribution in [0.4, 0.5) is 4.39 Å². The van der Waals surface area contributed by atoms with Gasteiger partial charge in [-0.15, -0.1) is 11.3 Å². The maximum absolute atomic E-state index is 13.0. The average molecular weight is 320 g/mol. The van der Waals surface area contributed by atoms with Crippen LogP contribution in [0.15, 0.2) is 29.6 Å². The van der Waals surface area contributed by atoms with E-state index in [1.54, 1.807) is 19.1 Å². The molecule has 1 N–H and O–H groups in total.